The smallest absolute Gasteiger partial charge is 0.221 e. The summed E-state index contributed by atoms with van der Waals surface area (Å²) in [6, 6.07) is 4.02. The highest BCUT2D eigenvalue weighted by atomic mass is 16.3. The van der Waals surface area contributed by atoms with E-state index >= 15 is 0 Å². The monoisotopic (exact) mass is 389 g/mol. The zero-order valence-corrected chi connectivity index (χ0v) is 14.6. The largest absolute Gasteiger partial charge is 0.508 e. The van der Waals surface area contributed by atoms with E-state index in [4.69, 9.17) is 5.73 Å². The maximum atomic E-state index is 13.1. The van der Waals surface area contributed by atoms with Crippen LogP contribution in [0.15, 0.2) is 29.5 Å². The molecule has 3 aliphatic carbocycles. The van der Waals surface area contributed by atoms with Gasteiger partial charge in [-0.05, 0) is 18.1 Å². The molecule has 1 saturated carbocycles. The molecular formula is C19H19NO8. The van der Waals surface area contributed by atoms with Crippen molar-refractivity contribution in [2.45, 2.75) is 30.7 Å². The summed E-state index contributed by atoms with van der Waals surface area (Å²) >= 11 is 0. The van der Waals surface area contributed by atoms with E-state index < -0.39 is 76.5 Å². The van der Waals surface area contributed by atoms with Gasteiger partial charge in [0.05, 0.1) is 23.7 Å². The fourth-order valence-corrected chi connectivity index (χ4v) is 5.00. The van der Waals surface area contributed by atoms with Gasteiger partial charge >= 0.3 is 0 Å². The second-order valence-corrected chi connectivity index (χ2v) is 7.62. The van der Waals surface area contributed by atoms with E-state index in [1.54, 1.807) is 0 Å². The number of ketones is 2. The van der Waals surface area contributed by atoms with Crippen molar-refractivity contribution in [3.63, 3.8) is 0 Å². The van der Waals surface area contributed by atoms with Crippen LogP contribution >= 0.6 is 0 Å². The number of carbonyl (C=O) groups excluding carboxylic acids is 3. The SMILES string of the molecule is NC(=O)C1C2C(=C(O)C3(O)C(=O)CC(O)CC13)C(=O)c1c(O)cccc1C2O. The quantitative estimate of drug-likeness (QED) is 0.363. The molecule has 0 spiro atoms. The first-order valence-electron chi connectivity index (χ1n) is 8.82. The second-order valence-electron chi connectivity index (χ2n) is 7.62. The number of carbonyl (C=O) groups is 3. The van der Waals surface area contributed by atoms with Crippen molar-refractivity contribution in [2.24, 2.45) is 23.5 Å². The van der Waals surface area contributed by atoms with Crippen LogP contribution in [0.5, 0.6) is 5.75 Å². The second kappa shape index (κ2) is 5.87. The van der Waals surface area contributed by atoms with E-state index in [-0.39, 0.29) is 17.5 Å². The Balaban J connectivity index is 2.04. The molecule has 4 rings (SSSR count). The first-order valence-corrected chi connectivity index (χ1v) is 8.82. The summed E-state index contributed by atoms with van der Waals surface area (Å²) in [5.41, 5.74) is 2.18. The fraction of sp³-hybridized carbons (Fsp3) is 0.421. The van der Waals surface area contributed by atoms with Crippen molar-refractivity contribution in [3.8, 4) is 5.75 Å². The van der Waals surface area contributed by atoms with Gasteiger partial charge in [0, 0.05) is 23.8 Å². The number of hydrogen-bond donors (Lipinski definition) is 6. The van der Waals surface area contributed by atoms with E-state index in [2.05, 4.69) is 0 Å². The molecule has 3 aliphatic rings. The third-order valence-corrected chi connectivity index (χ3v) is 6.21. The van der Waals surface area contributed by atoms with Crippen LogP contribution in [0, 0.1) is 17.8 Å². The summed E-state index contributed by atoms with van der Waals surface area (Å²) in [6.45, 7) is 0. The van der Waals surface area contributed by atoms with Crippen LogP contribution in [0.1, 0.15) is 34.9 Å². The average molecular weight is 389 g/mol. The molecule has 6 atom stereocenters. The number of nitrogens with two attached hydrogens (primary N) is 1. The molecule has 148 valence electrons. The molecule has 0 aliphatic heterocycles. The lowest BCUT2D eigenvalue weighted by atomic mass is 9.54. The number of aliphatic hydroxyl groups excluding tert-OH is 3. The number of phenolic OH excluding ortho intramolecular Hbond substituents is 1. The Kier molecular flexibility index (Phi) is 3.90. The summed E-state index contributed by atoms with van der Waals surface area (Å²) in [4.78, 5) is 37.9. The van der Waals surface area contributed by atoms with Crippen LogP contribution < -0.4 is 5.73 Å². The molecule has 1 aromatic carbocycles. The lowest BCUT2D eigenvalue weighted by Gasteiger charge is -2.51. The van der Waals surface area contributed by atoms with Gasteiger partial charge in [-0.15, -0.1) is 0 Å². The Bertz CT molecular complexity index is 953. The number of hydrogen-bond acceptors (Lipinski definition) is 8. The van der Waals surface area contributed by atoms with Crippen LogP contribution in [-0.2, 0) is 9.59 Å². The summed E-state index contributed by atoms with van der Waals surface area (Å²) < 4.78 is 0. The molecule has 1 amide bonds. The molecule has 9 nitrogen and oxygen atoms in total. The molecule has 6 unspecified atom stereocenters. The molecule has 1 aromatic rings. The number of benzene rings is 1. The molecule has 0 aromatic heterocycles. The first kappa shape index (κ1) is 18.6. The molecule has 0 radical (unpaired) electrons. The third kappa shape index (κ3) is 2.15. The highest BCUT2D eigenvalue weighted by molar-refractivity contribution is 6.15. The molecule has 28 heavy (non-hydrogen) atoms. The number of Topliss-reactive ketones (excluding diaryl/α,β-unsaturated/α-hetero) is 2. The topological polar surface area (TPSA) is 178 Å². The van der Waals surface area contributed by atoms with Crippen molar-refractivity contribution in [1.29, 1.82) is 0 Å². The zero-order chi connectivity index (χ0) is 20.5. The van der Waals surface area contributed by atoms with Crippen LogP contribution in [-0.4, -0.2) is 54.7 Å². The van der Waals surface area contributed by atoms with Crippen LogP contribution in [0.2, 0.25) is 0 Å². The van der Waals surface area contributed by atoms with Gasteiger partial charge in [-0.2, -0.15) is 0 Å². The highest BCUT2D eigenvalue weighted by Crippen LogP contribution is 2.56. The maximum absolute atomic E-state index is 13.1. The molecular weight excluding hydrogens is 370 g/mol. The summed E-state index contributed by atoms with van der Waals surface area (Å²) in [7, 11) is 0. The zero-order valence-electron chi connectivity index (χ0n) is 14.6. The Morgan fingerprint density at radius 3 is 2.50 bits per heavy atom. The Morgan fingerprint density at radius 1 is 1.18 bits per heavy atom. The van der Waals surface area contributed by atoms with Crippen LogP contribution in [0.4, 0.5) is 0 Å². The molecule has 0 saturated heterocycles. The molecule has 1 fully saturated rings. The van der Waals surface area contributed by atoms with Crippen molar-refractivity contribution in [3.05, 3.63) is 40.7 Å². The fourth-order valence-electron chi connectivity index (χ4n) is 5.00. The van der Waals surface area contributed by atoms with Crippen molar-refractivity contribution in [2.75, 3.05) is 0 Å². The number of aromatic hydroxyl groups is 1. The van der Waals surface area contributed by atoms with Crippen LogP contribution in [0.25, 0.3) is 0 Å². The van der Waals surface area contributed by atoms with E-state index in [0.717, 1.165) is 0 Å². The maximum Gasteiger partial charge on any atom is 0.221 e. The van der Waals surface area contributed by atoms with Gasteiger partial charge < -0.3 is 31.3 Å². The minimum atomic E-state index is -2.58. The Morgan fingerprint density at radius 2 is 1.86 bits per heavy atom. The number of fused-ring (bicyclic) bond motifs is 3. The summed E-state index contributed by atoms with van der Waals surface area (Å²) in [5, 5.41) is 52.8. The number of aliphatic hydroxyl groups is 4. The lowest BCUT2D eigenvalue weighted by molar-refractivity contribution is -0.166. The van der Waals surface area contributed by atoms with Gasteiger partial charge in [0.15, 0.2) is 17.2 Å². The van der Waals surface area contributed by atoms with Gasteiger partial charge in [0.25, 0.3) is 0 Å². The molecule has 9 heteroatoms. The van der Waals surface area contributed by atoms with Gasteiger partial charge in [-0.3, -0.25) is 14.4 Å². The average Bonchev–Trinajstić information content (AvgIpc) is 2.61. The van der Waals surface area contributed by atoms with Gasteiger partial charge in [0.1, 0.15) is 11.5 Å². The number of amides is 1. The lowest BCUT2D eigenvalue weighted by Crippen LogP contribution is -2.63. The Hall–Kier alpha value is -2.75. The van der Waals surface area contributed by atoms with E-state index in [1.807, 2.05) is 0 Å². The van der Waals surface area contributed by atoms with E-state index in [0.29, 0.717) is 0 Å². The number of phenols is 1. The number of primary amides is 1. The predicted octanol–water partition coefficient (Wildman–Crippen LogP) is -0.764. The molecule has 0 bridgehead atoms. The van der Waals surface area contributed by atoms with Gasteiger partial charge in [-0.25, -0.2) is 0 Å². The van der Waals surface area contributed by atoms with Gasteiger partial charge in [0.2, 0.25) is 5.91 Å². The minimum absolute atomic E-state index is 0.0472. The van der Waals surface area contributed by atoms with Crippen molar-refractivity contribution >= 4 is 17.5 Å². The first-order chi connectivity index (χ1) is 13.1. The molecule has 0 heterocycles. The Labute approximate surface area is 158 Å². The normalized spacial score (nSPS) is 37.2. The van der Waals surface area contributed by atoms with Gasteiger partial charge in [-0.1, -0.05) is 12.1 Å². The highest BCUT2D eigenvalue weighted by Gasteiger charge is 2.64. The number of rotatable bonds is 1. The summed E-state index contributed by atoms with van der Waals surface area (Å²) in [6.07, 6.45) is -3.37. The summed E-state index contributed by atoms with van der Waals surface area (Å²) in [5.74, 6) is -8.29. The minimum Gasteiger partial charge on any atom is -0.508 e. The standard InChI is InChI=1S/C19H19NO8/c20-18(27)12-8-4-6(21)5-10(23)19(8,28)17(26)14-13(12)15(24)7-2-1-3-9(22)11(7)16(14)25/h1-3,6,8,12-13,15,21-22,24,26,28H,4-5H2,(H2,20,27). The predicted molar refractivity (Wildman–Crippen MR) is 91.9 cm³/mol. The van der Waals surface area contributed by atoms with Crippen molar-refractivity contribution in [1.82, 2.24) is 0 Å². The van der Waals surface area contributed by atoms with E-state index in [9.17, 15) is 39.9 Å². The van der Waals surface area contributed by atoms with Crippen molar-refractivity contribution < 1.29 is 39.9 Å². The van der Waals surface area contributed by atoms with Crippen LogP contribution in [0.3, 0.4) is 0 Å². The molecule has 7 N–H and O–H groups in total. The third-order valence-electron chi connectivity index (χ3n) is 6.21. The van der Waals surface area contributed by atoms with E-state index in [1.165, 1.54) is 18.2 Å².